The summed E-state index contributed by atoms with van der Waals surface area (Å²) in [5.74, 6) is 1.14. The predicted octanol–water partition coefficient (Wildman–Crippen LogP) is 3.98. The van der Waals surface area contributed by atoms with Crippen LogP contribution in [0.2, 0.25) is 0 Å². The highest BCUT2D eigenvalue weighted by atomic mass is 16.5. The summed E-state index contributed by atoms with van der Waals surface area (Å²) in [4.78, 5) is 13.7. The van der Waals surface area contributed by atoms with Crippen molar-refractivity contribution < 1.29 is 9.53 Å². The zero-order valence-electron chi connectivity index (χ0n) is 13.8. The number of carbonyl (C=O) groups excluding carboxylic acids is 1. The first-order valence-corrected chi connectivity index (χ1v) is 8.14. The first kappa shape index (κ1) is 16.8. The van der Waals surface area contributed by atoms with Crippen molar-refractivity contribution in [2.24, 2.45) is 0 Å². The molecule has 0 N–H and O–H groups in total. The Morgan fingerprint density at radius 1 is 1.27 bits per heavy atom. The lowest BCUT2D eigenvalue weighted by molar-refractivity contribution is -0.117. The van der Waals surface area contributed by atoms with Crippen LogP contribution in [0.4, 0.5) is 0 Å². The molecule has 0 aliphatic carbocycles. The number of ketones is 1. The first-order chi connectivity index (χ1) is 10.6. The number of methoxy groups -OCH3 is 1. The minimum absolute atomic E-state index is 0.249. The van der Waals surface area contributed by atoms with Gasteiger partial charge in [0.2, 0.25) is 0 Å². The van der Waals surface area contributed by atoms with Gasteiger partial charge in [-0.05, 0) is 50.4 Å². The van der Waals surface area contributed by atoms with Crippen molar-refractivity contribution >= 4 is 5.78 Å². The predicted molar refractivity (Wildman–Crippen MR) is 90.1 cm³/mol. The lowest BCUT2D eigenvalue weighted by Gasteiger charge is -2.37. The Kier molecular flexibility index (Phi) is 6.20. The molecule has 120 valence electrons. The molecular formula is C19H27NO2. The summed E-state index contributed by atoms with van der Waals surface area (Å²) in [6.45, 7) is 7.96. The molecule has 1 aliphatic heterocycles. The van der Waals surface area contributed by atoms with Crippen LogP contribution in [0.5, 0.6) is 5.75 Å². The van der Waals surface area contributed by atoms with E-state index in [2.05, 4.69) is 23.6 Å². The summed E-state index contributed by atoms with van der Waals surface area (Å²) in [6, 6.07) is 8.69. The molecule has 22 heavy (non-hydrogen) atoms. The van der Waals surface area contributed by atoms with Crippen LogP contribution in [0.3, 0.4) is 0 Å². The Morgan fingerprint density at radius 3 is 2.64 bits per heavy atom. The molecule has 3 nitrogen and oxygen atoms in total. The van der Waals surface area contributed by atoms with Crippen LogP contribution in [0, 0.1) is 0 Å². The molecule has 0 spiro atoms. The number of piperidine rings is 1. The third-order valence-electron chi connectivity index (χ3n) is 4.43. The minimum atomic E-state index is 0.249. The van der Waals surface area contributed by atoms with Gasteiger partial charge in [0.25, 0.3) is 0 Å². The Bertz CT molecular complexity index is 507. The molecule has 1 heterocycles. The highest BCUT2D eigenvalue weighted by molar-refractivity contribution is 5.75. The van der Waals surface area contributed by atoms with Gasteiger partial charge in [-0.25, -0.2) is 0 Å². The molecule has 0 bridgehead atoms. The monoisotopic (exact) mass is 301 g/mol. The molecular weight excluding hydrogens is 274 g/mol. The highest BCUT2D eigenvalue weighted by Gasteiger charge is 2.24. The van der Waals surface area contributed by atoms with Crippen LogP contribution in [0.15, 0.2) is 36.4 Å². The smallest absolute Gasteiger partial charge is 0.130 e. The molecule has 0 amide bonds. The fourth-order valence-corrected chi connectivity index (χ4v) is 3.11. The molecule has 1 unspecified atom stereocenters. The van der Waals surface area contributed by atoms with Crippen LogP contribution in [0.1, 0.15) is 44.6 Å². The van der Waals surface area contributed by atoms with Crippen LogP contribution in [-0.4, -0.2) is 30.4 Å². The first-order valence-electron chi connectivity index (χ1n) is 8.14. The number of likely N-dealkylation sites (tertiary alicyclic amines) is 1. The number of hydrogen-bond donors (Lipinski definition) is 0. The van der Waals surface area contributed by atoms with Gasteiger partial charge in [0.15, 0.2) is 0 Å². The molecule has 1 fully saturated rings. The van der Waals surface area contributed by atoms with Crippen molar-refractivity contribution in [2.75, 3.05) is 13.7 Å². The van der Waals surface area contributed by atoms with Crippen LogP contribution in [-0.2, 0) is 11.3 Å². The van der Waals surface area contributed by atoms with Crippen LogP contribution in [0.25, 0.3) is 0 Å². The second-order valence-electron chi connectivity index (χ2n) is 6.19. The van der Waals surface area contributed by atoms with Gasteiger partial charge in [0.05, 0.1) is 7.11 Å². The maximum Gasteiger partial charge on any atom is 0.130 e. The fraction of sp³-hybridized carbons (Fsp3) is 0.526. The quantitative estimate of drug-likeness (QED) is 0.714. The zero-order chi connectivity index (χ0) is 15.9. The van der Waals surface area contributed by atoms with Crippen molar-refractivity contribution in [3.63, 3.8) is 0 Å². The van der Waals surface area contributed by atoms with E-state index in [-0.39, 0.29) is 5.78 Å². The summed E-state index contributed by atoms with van der Waals surface area (Å²) >= 11 is 0. The van der Waals surface area contributed by atoms with E-state index in [0.717, 1.165) is 31.7 Å². The number of carbonyl (C=O) groups is 1. The Labute approximate surface area is 134 Å². The van der Waals surface area contributed by atoms with Gasteiger partial charge < -0.3 is 9.53 Å². The van der Waals surface area contributed by atoms with E-state index in [9.17, 15) is 4.79 Å². The van der Waals surface area contributed by atoms with Crippen LogP contribution >= 0.6 is 0 Å². The number of hydrogen-bond acceptors (Lipinski definition) is 3. The van der Waals surface area contributed by atoms with Gasteiger partial charge in [0, 0.05) is 19.0 Å². The molecule has 0 saturated carbocycles. The fourth-order valence-electron chi connectivity index (χ4n) is 3.11. The number of Topliss-reactive ketones (excluding diaryl/α,β-unsaturated/α-hetero) is 1. The summed E-state index contributed by atoms with van der Waals surface area (Å²) in [7, 11) is 1.69. The van der Waals surface area contributed by atoms with E-state index in [1.807, 2.05) is 12.1 Å². The largest absolute Gasteiger partial charge is 0.497 e. The molecule has 1 aliphatic rings. The lowest BCUT2D eigenvalue weighted by Crippen LogP contribution is -2.40. The Morgan fingerprint density at radius 2 is 2.00 bits per heavy atom. The third kappa shape index (κ3) is 4.70. The van der Waals surface area contributed by atoms with Crippen molar-refractivity contribution in [2.45, 2.75) is 51.6 Å². The van der Waals surface area contributed by atoms with E-state index in [0.29, 0.717) is 12.5 Å². The number of nitrogens with zero attached hydrogens (tertiary/aromatic N) is 1. The van der Waals surface area contributed by atoms with Gasteiger partial charge in [-0.15, -0.1) is 0 Å². The summed E-state index contributed by atoms with van der Waals surface area (Å²) in [6.07, 6.45) is 5.09. The van der Waals surface area contributed by atoms with E-state index < -0.39 is 0 Å². The topological polar surface area (TPSA) is 29.5 Å². The normalized spacial score (nSPS) is 18.9. The standard InChI is InChI=1S/C19H27NO2/c1-15(7-8-16(2)21)19-6-4-5-13-20(19)14-17-9-11-18(22-3)12-10-17/h9-12,19H,1,4-8,13-14H2,2-3H3. The van der Waals surface area contributed by atoms with Crippen LogP contribution < -0.4 is 4.74 Å². The molecule has 0 radical (unpaired) electrons. The van der Waals surface area contributed by atoms with E-state index in [1.54, 1.807) is 14.0 Å². The molecule has 1 saturated heterocycles. The van der Waals surface area contributed by atoms with Crippen molar-refractivity contribution in [3.8, 4) is 5.75 Å². The van der Waals surface area contributed by atoms with Crippen molar-refractivity contribution in [1.82, 2.24) is 4.90 Å². The van der Waals surface area contributed by atoms with Gasteiger partial charge in [0.1, 0.15) is 11.5 Å². The molecule has 1 aromatic carbocycles. The second kappa shape index (κ2) is 8.14. The van der Waals surface area contributed by atoms with E-state index in [1.165, 1.54) is 24.0 Å². The van der Waals surface area contributed by atoms with Gasteiger partial charge in [-0.2, -0.15) is 0 Å². The maximum absolute atomic E-state index is 11.2. The average Bonchev–Trinajstić information content (AvgIpc) is 2.54. The number of rotatable bonds is 7. The van der Waals surface area contributed by atoms with E-state index in [4.69, 9.17) is 4.74 Å². The molecule has 2 rings (SSSR count). The number of benzene rings is 1. The van der Waals surface area contributed by atoms with Gasteiger partial charge in [-0.3, -0.25) is 4.90 Å². The zero-order valence-corrected chi connectivity index (χ0v) is 13.8. The van der Waals surface area contributed by atoms with Crippen molar-refractivity contribution in [3.05, 3.63) is 42.0 Å². The lowest BCUT2D eigenvalue weighted by atomic mass is 9.92. The average molecular weight is 301 g/mol. The van der Waals surface area contributed by atoms with E-state index >= 15 is 0 Å². The van der Waals surface area contributed by atoms with Gasteiger partial charge >= 0.3 is 0 Å². The second-order valence-corrected chi connectivity index (χ2v) is 6.19. The molecule has 1 aromatic rings. The molecule has 0 aromatic heterocycles. The Balaban J connectivity index is 1.99. The Hall–Kier alpha value is -1.61. The summed E-state index contributed by atoms with van der Waals surface area (Å²) in [5.41, 5.74) is 2.51. The molecule has 3 heteroatoms. The third-order valence-corrected chi connectivity index (χ3v) is 4.43. The highest BCUT2D eigenvalue weighted by Crippen LogP contribution is 2.27. The van der Waals surface area contributed by atoms with Gasteiger partial charge in [-0.1, -0.05) is 30.7 Å². The van der Waals surface area contributed by atoms with Crippen molar-refractivity contribution in [1.29, 1.82) is 0 Å². The summed E-state index contributed by atoms with van der Waals surface area (Å²) in [5, 5.41) is 0. The molecule has 1 atom stereocenters. The summed E-state index contributed by atoms with van der Waals surface area (Å²) < 4.78 is 5.21. The number of ether oxygens (including phenoxy) is 1. The minimum Gasteiger partial charge on any atom is -0.497 e. The maximum atomic E-state index is 11.2. The SMILES string of the molecule is C=C(CCC(C)=O)C1CCCCN1Cc1ccc(OC)cc1.